The number of carbonyl (C=O) groups is 1. The zero-order valence-corrected chi connectivity index (χ0v) is 12.2. The number of nitrogens with two attached hydrogens (primary N) is 1. The lowest BCUT2D eigenvalue weighted by molar-refractivity contribution is -0.129. The molecule has 2 unspecified atom stereocenters. The van der Waals surface area contributed by atoms with Gasteiger partial charge in [0.25, 0.3) is 0 Å². The summed E-state index contributed by atoms with van der Waals surface area (Å²) in [5.41, 5.74) is 5.92. The van der Waals surface area contributed by atoms with Crippen LogP contribution in [0.4, 0.5) is 10.1 Å². The second-order valence-corrected chi connectivity index (χ2v) is 5.87. The van der Waals surface area contributed by atoms with Gasteiger partial charge in [-0.1, -0.05) is 0 Å². The van der Waals surface area contributed by atoms with Crippen LogP contribution in [0.2, 0.25) is 0 Å². The monoisotopic (exact) mass is 286 g/mol. The third-order valence-corrected chi connectivity index (χ3v) is 4.57. The molecular weight excluding hydrogens is 267 g/mol. The molecule has 106 valence electrons. The third-order valence-electron chi connectivity index (χ3n) is 2.94. The first-order valence-electron chi connectivity index (χ1n) is 6.16. The summed E-state index contributed by atoms with van der Waals surface area (Å²) in [7, 11) is -1.66. The van der Waals surface area contributed by atoms with E-state index >= 15 is 0 Å². The molecule has 4 nitrogen and oxygen atoms in total. The highest BCUT2D eigenvalue weighted by Gasteiger charge is 2.26. The fraction of sp³-hybridized carbons (Fsp3) is 0.462. The number of hydrogen-bond acceptors (Lipinski definition) is 3. The maximum atomic E-state index is 13.2. The molecule has 1 aromatic rings. The molecule has 2 atom stereocenters. The maximum Gasteiger partial charge on any atom is 0.238 e. The molecule has 1 aromatic carbocycles. The van der Waals surface area contributed by atoms with Crippen molar-refractivity contribution in [1.82, 2.24) is 4.90 Å². The van der Waals surface area contributed by atoms with Gasteiger partial charge in [0.05, 0.1) is 15.7 Å². The number of amides is 1. The molecule has 1 amide bonds. The lowest BCUT2D eigenvalue weighted by Crippen LogP contribution is -2.39. The van der Waals surface area contributed by atoms with Crippen LogP contribution in [0.1, 0.15) is 20.8 Å². The molecule has 0 aliphatic rings. The number of carbonyl (C=O) groups excluding carboxylic acids is 1. The molecule has 0 radical (unpaired) electrons. The summed E-state index contributed by atoms with van der Waals surface area (Å²) in [6.45, 7) is 6.38. The maximum absolute atomic E-state index is 13.2. The molecule has 0 saturated heterocycles. The number of nitrogens with zero attached hydrogens (tertiary/aromatic N) is 1. The van der Waals surface area contributed by atoms with Crippen molar-refractivity contribution in [1.29, 1.82) is 0 Å². The Morgan fingerprint density at radius 3 is 2.53 bits per heavy atom. The van der Waals surface area contributed by atoms with Crippen molar-refractivity contribution in [3.63, 3.8) is 0 Å². The number of halogens is 1. The van der Waals surface area contributed by atoms with E-state index in [4.69, 9.17) is 5.73 Å². The molecule has 0 aliphatic heterocycles. The third kappa shape index (κ3) is 3.53. The average molecular weight is 286 g/mol. The van der Waals surface area contributed by atoms with E-state index in [-0.39, 0.29) is 16.5 Å². The van der Waals surface area contributed by atoms with Gasteiger partial charge in [-0.3, -0.25) is 9.00 Å². The van der Waals surface area contributed by atoms with E-state index in [0.717, 1.165) is 6.07 Å². The molecule has 1 rings (SSSR count). The van der Waals surface area contributed by atoms with Crippen LogP contribution in [0.5, 0.6) is 0 Å². The van der Waals surface area contributed by atoms with Gasteiger partial charge in [0.15, 0.2) is 0 Å². The van der Waals surface area contributed by atoms with Crippen LogP contribution in [0.25, 0.3) is 0 Å². The molecule has 0 aromatic heterocycles. The Morgan fingerprint density at radius 2 is 2.00 bits per heavy atom. The van der Waals surface area contributed by atoms with Gasteiger partial charge in [0.1, 0.15) is 11.1 Å². The van der Waals surface area contributed by atoms with Crippen molar-refractivity contribution in [2.75, 3.05) is 18.8 Å². The molecule has 0 aliphatic carbocycles. The van der Waals surface area contributed by atoms with Crippen molar-refractivity contribution in [2.45, 2.75) is 30.9 Å². The van der Waals surface area contributed by atoms with E-state index in [9.17, 15) is 13.4 Å². The first-order chi connectivity index (χ1) is 8.92. The van der Waals surface area contributed by atoms with Crippen LogP contribution in [-0.2, 0) is 15.6 Å². The van der Waals surface area contributed by atoms with Gasteiger partial charge in [-0.15, -0.1) is 0 Å². The first kappa shape index (κ1) is 15.6. The number of benzene rings is 1. The SMILES string of the molecule is CCN(CC)C(=O)C(C)S(=O)c1cc(F)ccc1N. The molecule has 0 spiro atoms. The predicted molar refractivity (Wildman–Crippen MR) is 74.6 cm³/mol. The van der Waals surface area contributed by atoms with E-state index in [1.54, 1.807) is 11.8 Å². The summed E-state index contributed by atoms with van der Waals surface area (Å²) in [5.74, 6) is -0.730. The van der Waals surface area contributed by atoms with Crippen LogP contribution < -0.4 is 5.73 Å². The lowest BCUT2D eigenvalue weighted by atomic mass is 10.3. The Hall–Kier alpha value is -1.43. The Kier molecular flexibility index (Phi) is 5.47. The van der Waals surface area contributed by atoms with Gasteiger partial charge in [-0.05, 0) is 39.0 Å². The molecule has 0 bridgehead atoms. The summed E-state index contributed by atoms with van der Waals surface area (Å²) in [4.78, 5) is 13.9. The molecule has 19 heavy (non-hydrogen) atoms. The van der Waals surface area contributed by atoms with Gasteiger partial charge >= 0.3 is 0 Å². The Balaban J connectivity index is 2.99. The second-order valence-electron chi connectivity index (χ2n) is 4.13. The van der Waals surface area contributed by atoms with Gasteiger partial charge in [0.2, 0.25) is 5.91 Å². The predicted octanol–water partition coefficient (Wildman–Crippen LogP) is 1.77. The minimum atomic E-state index is -1.66. The topological polar surface area (TPSA) is 63.4 Å². The summed E-state index contributed by atoms with van der Waals surface area (Å²) in [6.07, 6.45) is 0. The minimum absolute atomic E-state index is 0.174. The summed E-state index contributed by atoms with van der Waals surface area (Å²) in [6, 6.07) is 3.68. The minimum Gasteiger partial charge on any atom is -0.398 e. The van der Waals surface area contributed by atoms with Crippen molar-refractivity contribution in [2.24, 2.45) is 0 Å². The highest BCUT2D eigenvalue weighted by Crippen LogP contribution is 2.21. The Bertz CT molecular complexity index is 490. The van der Waals surface area contributed by atoms with E-state index in [0.29, 0.717) is 13.1 Å². The average Bonchev–Trinajstić information content (AvgIpc) is 2.41. The second kappa shape index (κ2) is 6.65. The van der Waals surface area contributed by atoms with E-state index < -0.39 is 21.9 Å². The highest BCUT2D eigenvalue weighted by molar-refractivity contribution is 7.86. The molecule has 0 heterocycles. The first-order valence-corrected chi connectivity index (χ1v) is 7.38. The number of anilines is 1. The van der Waals surface area contributed by atoms with Gasteiger partial charge < -0.3 is 10.6 Å². The van der Waals surface area contributed by atoms with Crippen molar-refractivity contribution in [3.8, 4) is 0 Å². The van der Waals surface area contributed by atoms with E-state index in [1.165, 1.54) is 12.1 Å². The Labute approximate surface area is 115 Å². The number of rotatable bonds is 5. The van der Waals surface area contributed by atoms with Gasteiger partial charge in [0, 0.05) is 18.8 Å². The largest absolute Gasteiger partial charge is 0.398 e. The van der Waals surface area contributed by atoms with Crippen LogP contribution in [0.15, 0.2) is 23.1 Å². The highest BCUT2D eigenvalue weighted by atomic mass is 32.2. The van der Waals surface area contributed by atoms with Crippen molar-refractivity contribution in [3.05, 3.63) is 24.0 Å². The van der Waals surface area contributed by atoms with E-state index in [2.05, 4.69) is 0 Å². The number of nitrogen functional groups attached to an aromatic ring is 1. The number of hydrogen-bond donors (Lipinski definition) is 1. The lowest BCUT2D eigenvalue weighted by Gasteiger charge is -2.22. The van der Waals surface area contributed by atoms with Crippen molar-refractivity contribution >= 4 is 22.4 Å². The van der Waals surface area contributed by atoms with Crippen LogP contribution in [-0.4, -0.2) is 33.4 Å². The van der Waals surface area contributed by atoms with Gasteiger partial charge in [-0.2, -0.15) is 0 Å². The summed E-state index contributed by atoms with van der Waals surface area (Å²) in [5, 5.41) is -0.746. The molecular formula is C13H19FN2O2S. The smallest absolute Gasteiger partial charge is 0.238 e. The fourth-order valence-corrected chi connectivity index (χ4v) is 3.00. The summed E-state index contributed by atoms with van der Waals surface area (Å²) >= 11 is 0. The van der Waals surface area contributed by atoms with Crippen molar-refractivity contribution < 1.29 is 13.4 Å². The van der Waals surface area contributed by atoms with E-state index in [1.807, 2.05) is 13.8 Å². The molecule has 0 saturated carbocycles. The van der Waals surface area contributed by atoms with Crippen LogP contribution >= 0.6 is 0 Å². The zero-order valence-electron chi connectivity index (χ0n) is 11.4. The molecule has 0 fully saturated rings. The van der Waals surface area contributed by atoms with Crippen LogP contribution in [0.3, 0.4) is 0 Å². The standard InChI is InChI=1S/C13H19FN2O2S/c1-4-16(5-2)13(17)9(3)19(18)12-8-10(14)6-7-11(12)15/h6-9H,4-5,15H2,1-3H3. The normalized spacial score (nSPS) is 13.9. The van der Waals surface area contributed by atoms with Crippen LogP contribution in [0, 0.1) is 5.82 Å². The fourth-order valence-electron chi connectivity index (χ4n) is 1.76. The quantitative estimate of drug-likeness (QED) is 0.839. The Morgan fingerprint density at radius 1 is 1.42 bits per heavy atom. The van der Waals surface area contributed by atoms with Gasteiger partial charge in [-0.25, -0.2) is 4.39 Å². The molecule has 2 N–H and O–H groups in total. The summed E-state index contributed by atoms with van der Waals surface area (Å²) < 4.78 is 25.5. The zero-order chi connectivity index (χ0) is 14.6. The molecule has 6 heteroatoms.